The van der Waals surface area contributed by atoms with Crippen molar-refractivity contribution < 1.29 is 4.74 Å². The van der Waals surface area contributed by atoms with E-state index in [2.05, 4.69) is 50.1 Å². The zero-order valence-corrected chi connectivity index (χ0v) is 17.7. The zero-order valence-electron chi connectivity index (χ0n) is 17.7. The van der Waals surface area contributed by atoms with Crippen LogP contribution in [0.25, 0.3) is 22.3 Å². The molecular formula is C24H29N5O. The van der Waals surface area contributed by atoms with Crippen LogP contribution in [0.2, 0.25) is 0 Å². The van der Waals surface area contributed by atoms with Crippen molar-refractivity contribution in [1.29, 1.82) is 0 Å². The largest absolute Gasteiger partial charge is 0.472 e. The molecular weight excluding hydrogens is 374 g/mol. The predicted molar refractivity (Wildman–Crippen MR) is 120 cm³/mol. The Bertz CT molecular complexity index is 1030. The van der Waals surface area contributed by atoms with Gasteiger partial charge in [-0.05, 0) is 67.5 Å². The van der Waals surface area contributed by atoms with Gasteiger partial charge in [0, 0.05) is 36.0 Å². The Balaban J connectivity index is 0.000000200. The van der Waals surface area contributed by atoms with Crippen molar-refractivity contribution >= 4 is 5.82 Å². The van der Waals surface area contributed by atoms with Gasteiger partial charge >= 0.3 is 0 Å². The molecule has 0 saturated carbocycles. The van der Waals surface area contributed by atoms with Gasteiger partial charge in [-0.3, -0.25) is 5.10 Å². The first-order chi connectivity index (χ1) is 14.7. The lowest BCUT2D eigenvalue weighted by Gasteiger charge is -2.21. The van der Waals surface area contributed by atoms with E-state index in [1.54, 1.807) is 0 Å². The Kier molecular flexibility index (Phi) is 5.17. The highest BCUT2D eigenvalue weighted by molar-refractivity contribution is 5.78. The molecule has 0 spiro atoms. The van der Waals surface area contributed by atoms with E-state index in [0.717, 1.165) is 40.3 Å². The Hall–Kier alpha value is -2.86. The maximum Gasteiger partial charge on any atom is 0.223 e. The monoisotopic (exact) mass is 403 g/mol. The van der Waals surface area contributed by atoms with Crippen LogP contribution in [0.5, 0.6) is 5.88 Å². The molecule has 2 unspecified atom stereocenters. The van der Waals surface area contributed by atoms with Crippen molar-refractivity contribution in [2.75, 3.05) is 12.4 Å². The molecule has 0 aliphatic carbocycles. The number of benzene rings is 1. The molecule has 0 radical (unpaired) electrons. The van der Waals surface area contributed by atoms with Gasteiger partial charge < -0.3 is 15.4 Å². The van der Waals surface area contributed by atoms with E-state index in [9.17, 15) is 0 Å². The van der Waals surface area contributed by atoms with Crippen molar-refractivity contribution in [3.63, 3.8) is 0 Å². The minimum absolute atomic E-state index is 0.535. The van der Waals surface area contributed by atoms with Crippen LogP contribution in [0.4, 0.5) is 5.82 Å². The van der Waals surface area contributed by atoms with Crippen LogP contribution in [-0.2, 0) is 6.61 Å². The van der Waals surface area contributed by atoms with Crippen LogP contribution >= 0.6 is 0 Å². The third-order valence-electron chi connectivity index (χ3n) is 6.46. The number of pyridine rings is 1. The normalized spacial score (nSPS) is 21.0. The fraction of sp³-hybridized carbons (Fsp3) is 0.417. The number of aromatic amines is 1. The summed E-state index contributed by atoms with van der Waals surface area (Å²) in [5, 5.41) is 13.7. The Morgan fingerprint density at radius 1 is 1.00 bits per heavy atom. The van der Waals surface area contributed by atoms with E-state index >= 15 is 0 Å². The lowest BCUT2D eigenvalue weighted by atomic mass is 9.94. The summed E-state index contributed by atoms with van der Waals surface area (Å²) in [7, 11) is 1.85. The molecule has 156 valence electrons. The minimum atomic E-state index is 0.535. The number of H-pyrrole nitrogens is 1. The number of rotatable bonds is 2. The molecule has 6 nitrogen and oxygen atoms in total. The summed E-state index contributed by atoms with van der Waals surface area (Å²) in [6.45, 7) is 2.56. The number of hydrogen-bond donors (Lipinski definition) is 3. The van der Waals surface area contributed by atoms with Crippen LogP contribution in [0.15, 0.2) is 36.5 Å². The third kappa shape index (κ3) is 3.67. The number of ether oxygens (including phenoxy) is 1. The van der Waals surface area contributed by atoms with E-state index in [1.807, 2.05) is 26.2 Å². The van der Waals surface area contributed by atoms with Crippen LogP contribution in [0.3, 0.4) is 0 Å². The molecule has 3 aliphatic heterocycles. The van der Waals surface area contributed by atoms with Crippen molar-refractivity contribution in [1.82, 2.24) is 20.5 Å². The first-order valence-electron chi connectivity index (χ1n) is 10.9. The molecule has 3 aliphatic rings. The van der Waals surface area contributed by atoms with E-state index in [-0.39, 0.29) is 0 Å². The number of aromatic nitrogens is 3. The van der Waals surface area contributed by atoms with Crippen molar-refractivity contribution in [2.45, 2.75) is 57.7 Å². The molecule has 2 saturated heterocycles. The molecule has 3 aromatic rings. The fourth-order valence-corrected chi connectivity index (χ4v) is 4.79. The van der Waals surface area contributed by atoms with Gasteiger partial charge in [0.15, 0.2) is 0 Å². The maximum atomic E-state index is 5.82. The molecule has 0 amide bonds. The van der Waals surface area contributed by atoms with Gasteiger partial charge in [-0.1, -0.05) is 18.6 Å². The van der Waals surface area contributed by atoms with E-state index in [4.69, 9.17) is 4.74 Å². The van der Waals surface area contributed by atoms with Crippen molar-refractivity contribution in [3.05, 3.63) is 47.8 Å². The molecule has 2 aromatic heterocycles. The molecule has 6 heteroatoms. The highest BCUT2D eigenvalue weighted by Crippen LogP contribution is 2.38. The van der Waals surface area contributed by atoms with Crippen LogP contribution < -0.4 is 15.4 Å². The average molecular weight is 404 g/mol. The van der Waals surface area contributed by atoms with Gasteiger partial charge in [0.1, 0.15) is 12.4 Å². The van der Waals surface area contributed by atoms with Crippen molar-refractivity contribution in [3.8, 4) is 28.1 Å². The van der Waals surface area contributed by atoms with Crippen molar-refractivity contribution in [2.24, 2.45) is 0 Å². The van der Waals surface area contributed by atoms with Gasteiger partial charge in [0.05, 0.1) is 6.20 Å². The fourth-order valence-electron chi connectivity index (χ4n) is 4.79. The second-order valence-electron chi connectivity index (χ2n) is 8.44. The summed E-state index contributed by atoms with van der Waals surface area (Å²) in [5.74, 6) is 1.50. The molecule has 3 N–H and O–H groups in total. The highest BCUT2D eigenvalue weighted by Gasteiger charge is 2.26. The standard InChI is InChI=1S/C17H16N4O.C7H13N/c1-10-15(8-19-21-10)11-3-4-13-12(7-11)9-22-17-14(13)5-6-16(18-2)20-17;1-2-6-4-5-7(3-1)8-6/h3-8H,9H2,1-2H3,(H,18,20)(H,19,21);6-8H,1-5H2. The molecule has 6 rings (SSSR count). The van der Waals surface area contributed by atoms with Gasteiger partial charge in [0.2, 0.25) is 5.88 Å². The second-order valence-corrected chi connectivity index (χ2v) is 8.44. The maximum absolute atomic E-state index is 5.82. The summed E-state index contributed by atoms with van der Waals surface area (Å²) < 4.78 is 5.82. The van der Waals surface area contributed by atoms with E-state index in [1.165, 1.54) is 43.2 Å². The Labute approximate surface area is 177 Å². The molecule has 2 bridgehead atoms. The lowest BCUT2D eigenvalue weighted by molar-refractivity contribution is 0.290. The lowest BCUT2D eigenvalue weighted by Crippen LogP contribution is -2.33. The van der Waals surface area contributed by atoms with Gasteiger partial charge in [-0.15, -0.1) is 0 Å². The Morgan fingerprint density at radius 3 is 2.50 bits per heavy atom. The number of piperidine rings is 1. The summed E-state index contributed by atoms with van der Waals surface area (Å²) >= 11 is 0. The quantitative estimate of drug-likeness (QED) is 0.580. The average Bonchev–Trinajstić information content (AvgIpc) is 3.37. The number of anilines is 1. The first kappa shape index (κ1) is 19.1. The number of nitrogens with zero attached hydrogens (tertiary/aromatic N) is 2. The second kappa shape index (κ2) is 8.11. The molecule has 30 heavy (non-hydrogen) atoms. The van der Waals surface area contributed by atoms with Gasteiger partial charge in [-0.25, -0.2) is 0 Å². The zero-order chi connectivity index (χ0) is 20.5. The van der Waals surface area contributed by atoms with Gasteiger partial charge in [0.25, 0.3) is 0 Å². The SMILES string of the molecule is C1CC2CCC(C1)N2.CNc1ccc2c(n1)OCc1cc(-c3cn[nH]c3C)ccc1-2. The summed E-state index contributed by atoms with van der Waals surface area (Å²) in [4.78, 5) is 4.47. The molecule has 2 atom stereocenters. The van der Waals surface area contributed by atoms with Crippen LogP contribution in [0.1, 0.15) is 43.4 Å². The summed E-state index contributed by atoms with van der Waals surface area (Å²) in [6.07, 6.45) is 9.11. The minimum Gasteiger partial charge on any atom is -0.472 e. The van der Waals surface area contributed by atoms with Crippen LogP contribution in [-0.4, -0.2) is 34.3 Å². The molecule has 5 heterocycles. The number of fused-ring (bicyclic) bond motifs is 5. The predicted octanol–water partition coefficient (Wildman–Crippen LogP) is 4.67. The van der Waals surface area contributed by atoms with E-state index in [0.29, 0.717) is 12.5 Å². The summed E-state index contributed by atoms with van der Waals surface area (Å²) in [5.41, 5.74) is 6.73. The number of nitrogens with one attached hydrogen (secondary N) is 3. The summed E-state index contributed by atoms with van der Waals surface area (Å²) in [6, 6.07) is 12.3. The molecule has 2 fully saturated rings. The topological polar surface area (TPSA) is 74.9 Å². The van der Waals surface area contributed by atoms with Gasteiger partial charge in [-0.2, -0.15) is 10.1 Å². The number of aryl methyl sites for hydroxylation is 1. The van der Waals surface area contributed by atoms with Crippen LogP contribution in [0, 0.1) is 6.92 Å². The van der Waals surface area contributed by atoms with E-state index < -0.39 is 0 Å². The Morgan fingerprint density at radius 2 is 1.80 bits per heavy atom. The smallest absolute Gasteiger partial charge is 0.223 e. The first-order valence-corrected chi connectivity index (χ1v) is 10.9. The highest BCUT2D eigenvalue weighted by atomic mass is 16.5. The third-order valence-corrected chi connectivity index (χ3v) is 6.46. The number of hydrogen-bond acceptors (Lipinski definition) is 5. The molecule has 1 aromatic carbocycles.